The summed E-state index contributed by atoms with van der Waals surface area (Å²) >= 11 is 3.54. The number of ether oxygens (including phenoxy) is 1. The molecular weight excluding hydrogens is 430 g/mol. The van der Waals surface area contributed by atoms with E-state index in [0.717, 1.165) is 33.1 Å². The number of ketones is 1. The van der Waals surface area contributed by atoms with E-state index in [2.05, 4.69) is 46.5 Å². The smallest absolute Gasteiger partial charge is 0.338 e. The second-order valence-corrected chi connectivity index (χ2v) is 8.98. The Morgan fingerprint density at radius 3 is 2.66 bits per heavy atom. The van der Waals surface area contributed by atoms with Crippen molar-refractivity contribution >= 4 is 38.6 Å². The quantitative estimate of drug-likeness (QED) is 0.480. The summed E-state index contributed by atoms with van der Waals surface area (Å²) in [6.07, 6.45) is 1.36. The highest BCUT2D eigenvalue weighted by molar-refractivity contribution is 9.10. The summed E-state index contributed by atoms with van der Waals surface area (Å²) in [4.78, 5) is 25.7. The maximum atomic E-state index is 13.2. The van der Waals surface area contributed by atoms with Gasteiger partial charge in [-0.3, -0.25) is 4.79 Å². The van der Waals surface area contributed by atoms with E-state index in [1.807, 2.05) is 24.3 Å². The Labute approximate surface area is 179 Å². The average molecular weight is 454 g/mol. The van der Waals surface area contributed by atoms with Gasteiger partial charge in [0.15, 0.2) is 5.78 Å². The van der Waals surface area contributed by atoms with Gasteiger partial charge in [0.1, 0.15) is 0 Å². The minimum Gasteiger partial charge on any atom is -0.465 e. The fourth-order valence-corrected chi connectivity index (χ4v) is 4.82. The third-order valence-corrected chi connectivity index (χ3v) is 6.45. The molecule has 0 fully saturated rings. The van der Waals surface area contributed by atoms with Crippen LogP contribution in [0.1, 0.15) is 52.2 Å². The fraction of sp³-hybridized carbons (Fsp3) is 0.333. The van der Waals surface area contributed by atoms with Crippen LogP contribution >= 0.6 is 15.9 Å². The minimum absolute atomic E-state index is 0.124. The predicted octanol–water partition coefficient (Wildman–Crippen LogP) is 5.64. The number of rotatable bonds is 4. The SMILES string of the molecule is COC(=O)c1cccc2c1c1c(n2Cc2cccc(Br)c2)CC(C(C)C)CC1=O. The molecule has 4 nitrogen and oxygen atoms in total. The lowest BCUT2D eigenvalue weighted by Crippen LogP contribution is -2.25. The lowest BCUT2D eigenvalue weighted by Gasteiger charge is -2.26. The maximum Gasteiger partial charge on any atom is 0.338 e. The van der Waals surface area contributed by atoms with Gasteiger partial charge in [-0.05, 0) is 48.1 Å². The number of Topliss-reactive ketones (excluding diaryl/α,β-unsaturated/α-hetero) is 1. The molecule has 0 aliphatic heterocycles. The van der Waals surface area contributed by atoms with E-state index in [1.165, 1.54) is 7.11 Å². The molecule has 0 amide bonds. The highest BCUT2D eigenvalue weighted by Crippen LogP contribution is 2.38. The first kappa shape index (κ1) is 19.9. The fourth-order valence-electron chi connectivity index (χ4n) is 4.38. The normalized spacial score (nSPS) is 16.3. The molecule has 4 rings (SSSR count). The summed E-state index contributed by atoms with van der Waals surface area (Å²) < 4.78 is 8.24. The topological polar surface area (TPSA) is 48.3 Å². The van der Waals surface area contributed by atoms with Crippen LogP contribution in [0.5, 0.6) is 0 Å². The van der Waals surface area contributed by atoms with Crippen LogP contribution in [0.15, 0.2) is 46.9 Å². The van der Waals surface area contributed by atoms with Gasteiger partial charge in [-0.1, -0.05) is 48.0 Å². The Bertz CT molecular complexity index is 1110. The number of halogens is 1. The van der Waals surface area contributed by atoms with Gasteiger partial charge in [0.2, 0.25) is 0 Å². The number of methoxy groups -OCH3 is 1. The third kappa shape index (κ3) is 3.52. The summed E-state index contributed by atoms with van der Waals surface area (Å²) in [6, 6.07) is 13.8. The van der Waals surface area contributed by atoms with Crippen molar-refractivity contribution in [3.8, 4) is 0 Å². The number of esters is 1. The van der Waals surface area contributed by atoms with E-state index in [4.69, 9.17) is 4.74 Å². The van der Waals surface area contributed by atoms with Gasteiger partial charge in [-0.25, -0.2) is 4.79 Å². The average Bonchev–Trinajstić information content (AvgIpc) is 3.01. The van der Waals surface area contributed by atoms with E-state index in [9.17, 15) is 9.59 Å². The van der Waals surface area contributed by atoms with Crippen LogP contribution < -0.4 is 0 Å². The first-order chi connectivity index (χ1) is 13.9. The first-order valence-corrected chi connectivity index (χ1v) is 10.7. The van der Waals surface area contributed by atoms with Crippen molar-refractivity contribution in [3.63, 3.8) is 0 Å². The van der Waals surface area contributed by atoms with Gasteiger partial charge in [-0.15, -0.1) is 0 Å². The Hall–Kier alpha value is -2.40. The standard InChI is InChI=1S/C24H24BrNO3/c1-14(2)16-11-20-23(21(27)12-16)22-18(24(28)29-3)8-5-9-19(22)26(20)13-15-6-4-7-17(25)10-15/h4-10,14,16H,11-13H2,1-3H3. The number of hydrogen-bond donors (Lipinski definition) is 0. The number of hydrogen-bond acceptors (Lipinski definition) is 3. The molecule has 0 saturated heterocycles. The summed E-state index contributed by atoms with van der Waals surface area (Å²) in [5.74, 6) is 0.447. The molecule has 1 heterocycles. The molecule has 1 aliphatic carbocycles. The van der Waals surface area contributed by atoms with E-state index in [0.29, 0.717) is 35.9 Å². The van der Waals surface area contributed by atoms with Crippen molar-refractivity contribution < 1.29 is 14.3 Å². The lowest BCUT2D eigenvalue weighted by atomic mass is 9.79. The van der Waals surface area contributed by atoms with Crippen LogP contribution in [-0.2, 0) is 17.7 Å². The van der Waals surface area contributed by atoms with Crippen molar-refractivity contribution in [2.75, 3.05) is 7.11 Å². The van der Waals surface area contributed by atoms with Gasteiger partial charge in [0, 0.05) is 34.1 Å². The molecular formula is C24H24BrNO3. The number of carbonyl (C=O) groups excluding carboxylic acids is 2. The molecule has 0 bridgehead atoms. The molecule has 0 saturated carbocycles. The highest BCUT2D eigenvalue weighted by atomic mass is 79.9. The summed E-state index contributed by atoms with van der Waals surface area (Å²) in [5, 5.41) is 0.733. The zero-order valence-corrected chi connectivity index (χ0v) is 18.5. The van der Waals surface area contributed by atoms with Crippen molar-refractivity contribution in [1.82, 2.24) is 4.57 Å². The van der Waals surface area contributed by atoms with Crippen molar-refractivity contribution in [2.45, 2.75) is 33.2 Å². The van der Waals surface area contributed by atoms with Crippen molar-refractivity contribution in [2.24, 2.45) is 11.8 Å². The molecule has 3 aromatic rings. The van der Waals surface area contributed by atoms with Crippen LogP contribution in [0.3, 0.4) is 0 Å². The predicted molar refractivity (Wildman–Crippen MR) is 118 cm³/mol. The molecule has 0 radical (unpaired) electrons. The summed E-state index contributed by atoms with van der Waals surface area (Å²) in [5.41, 5.74) is 4.25. The maximum absolute atomic E-state index is 13.2. The second-order valence-electron chi connectivity index (χ2n) is 8.06. The number of carbonyl (C=O) groups is 2. The molecule has 1 atom stereocenters. The molecule has 150 valence electrons. The van der Waals surface area contributed by atoms with Gasteiger partial charge >= 0.3 is 5.97 Å². The molecule has 1 aliphatic rings. The zero-order chi connectivity index (χ0) is 20.7. The minimum atomic E-state index is -0.406. The first-order valence-electron chi connectivity index (χ1n) is 9.90. The highest BCUT2D eigenvalue weighted by Gasteiger charge is 2.34. The number of benzene rings is 2. The second kappa shape index (κ2) is 7.79. The van der Waals surface area contributed by atoms with Crippen molar-refractivity contribution in [3.05, 3.63) is 69.3 Å². The Morgan fingerprint density at radius 2 is 1.97 bits per heavy atom. The molecule has 29 heavy (non-hydrogen) atoms. The van der Waals surface area contributed by atoms with E-state index in [1.54, 1.807) is 6.07 Å². The summed E-state index contributed by atoms with van der Waals surface area (Å²) in [7, 11) is 1.38. The zero-order valence-electron chi connectivity index (χ0n) is 16.9. The molecule has 0 N–H and O–H groups in total. The van der Waals surface area contributed by atoms with Crippen molar-refractivity contribution in [1.29, 1.82) is 0 Å². The number of aromatic nitrogens is 1. The van der Waals surface area contributed by atoms with Crippen LogP contribution in [0.2, 0.25) is 0 Å². The van der Waals surface area contributed by atoms with Gasteiger partial charge < -0.3 is 9.30 Å². The third-order valence-electron chi connectivity index (χ3n) is 5.96. The Kier molecular flexibility index (Phi) is 5.34. The Balaban J connectivity index is 1.98. The van der Waals surface area contributed by atoms with Crippen LogP contribution in [0, 0.1) is 11.8 Å². The lowest BCUT2D eigenvalue weighted by molar-refractivity contribution is 0.0603. The monoisotopic (exact) mass is 453 g/mol. The number of fused-ring (bicyclic) bond motifs is 3. The molecule has 1 unspecified atom stereocenters. The molecule has 2 aromatic carbocycles. The van der Waals surface area contributed by atoms with Crippen LogP contribution in [-0.4, -0.2) is 23.4 Å². The Morgan fingerprint density at radius 1 is 1.21 bits per heavy atom. The van der Waals surface area contributed by atoms with Crippen LogP contribution in [0.4, 0.5) is 0 Å². The molecule has 5 heteroatoms. The van der Waals surface area contributed by atoms with Crippen LogP contribution in [0.25, 0.3) is 10.9 Å². The van der Waals surface area contributed by atoms with E-state index in [-0.39, 0.29) is 5.78 Å². The van der Waals surface area contributed by atoms with Gasteiger partial charge in [-0.2, -0.15) is 0 Å². The summed E-state index contributed by atoms with van der Waals surface area (Å²) in [6.45, 7) is 4.99. The molecule has 1 aromatic heterocycles. The van der Waals surface area contributed by atoms with E-state index < -0.39 is 5.97 Å². The van der Waals surface area contributed by atoms with E-state index >= 15 is 0 Å². The largest absolute Gasteiger partial charge is 0.465 e. The van der Waals surface area contributed by atoms with Gasteiger partial charge in [0.25, 0.3) is 0 Å². The van der Waals surface area contributed by atoms with Gasteiger partial charge in [0.05, 0.1) is 18.2 Å². The number of nitrogens with zero attached hydrogens (tertiary/aromatic N) is 1. The molecule has 0 spiro atoms.